The van der Waals surface area contributed by atoms with Gasteiger partial charge in [-0.1, -0.05) is 13.8 Å². The number of piperazine rings is 1. The zero-order chi connectivity index (χ0) is 17.1. The van der Waals surface area contributed by atoms with E-state index in [0.29, 0.717) is 11.6 Å². The fourth-order valence-corrected chi connectivity index (χ4v) is 2.95. The van der Waals surface area contributed by atoms with Crippen LogP contribution in [0.4, 0.5) is 11.8 Å². The Morgan fingerprint density at radius 3 is 2.54 bits per heavy atom. The second kappa shape index (κ2) is 7.17. The molecule has 0 atom stereocenters. The van der Waals surface area contributed by atoms with E-state index in [1.165, 1.54) is 0 Å². The molecule has 2 N–H and O–H groups in total. The van der Waals surface area contributed by atoms with Crippen molar-refractivity contribution in [3.63, 3.8) is 0 Å². The Bertz CT molecular complexity index is 690. The van der Waals surface area contributed by atoms with Gasteiger partial charge in [-0.2, -0.15) is 4.98 Å². The van der Waals surface area contributed by atoms with Crippen molar-refractivity contribution in [1.82, 2.24) is 19.9 Å². The van der Waals surface area contributed by atoms with Crippen LogP contribution in [0.25, 0.3) is 11.6 Å². The second-order valence-corrected chi connectivity index (χ2v) is 6.25. The number of likely N-dealkylation sites (N-methyl/N-ethyl adjacent to an activating group) is 1. The summed E-state index contributed by atoms with van der Waals surface area (Å²) in [4.78, 5) is 17.9. The Hall–Kier alpha value is -2.15. The average Bonchev–Trinajstić information content (AvgIpc) is 2.98. The minimum absolute atomic E-state index is 0.259. The van der Waals surface area contributed by atoms with Crippen molar-refractivity contribution in [2.75, 3.05) is 43.9 Å². The van der Waals surface area contributed by atoms with Gasteiger partial charge < -0.3 is 20.0 Å². The Kier molecular flexibility index (Phi) is 4.99. The predicted octanol–water partition coefficient (Wildman–Crippen LogP) is 1.98. The highest BCUT2D eigenvalue weighted by Crippen LogP contribution is 2.26. The fourth-order valence-electron chi connectivity index (χ4n) is 2.95. The molecule has 3 heterocycles. The minimum Gasteiger partial charge on any atom is -0.440 e. The molecular weight excluding hydrogens is 304 g/mol. The summed E-state index contributed by atoms with van der Waals surface area (Å²) in [6.45, 7) is 8.11. The number of nitrogen functional groups attached to an aromatic ring is 1. The van der Waals surface area contributed by atoms with E-state index in [9.17, 15) is 0 Å². The normalized spacial score (nSPS) is 15.9. The van der Waals surface area contributed by atoms with Crippen LogP contribution in [-0.4, -0.2) is 53.1 Å². The monoisotopic (exact) mass is 330 g/mol. The zero-order valence-electron chi connectivity index (χ0n) is 14.7. The van der Waals surface area contributed by atoms with Gasteiger partial charge in [0.25, 0.3) is 0 Å². The SMILES string of the molecule is CCCc1oc(-c2cc(N3CCN(C)CC3)nc(N)n2)nc1CC. The molecule has 0 amide bonds. The first-order chi connectivity index (χ1) is 11.6. The maximum atomic E-state index is 5.96. The molecule has 0 spiro atoms. The van der Waals surface area contributed by atoms with Crippen molar-refractivity contribution in [1.29, 1.82) is 0 Å². The molecule has 7 nitrogen and oxygen atoms in total. The number of aryl methyl sites for hydroxylation is 2. The van der Waals surface area contributed by atoms with Crippen LogP contribution in [0.5, 0.6) is 0 Å². The molecule has 0 radical (unpaired) electrons. The van der Waals surface area contributed by atoms with E-state index in [4.69, 9.17) is 10.2 Å². The second-order valence-electron chi connectivity index (χ2n) is 6.25. The van der Waals surface area contributed by atoms with Crippen LogP contribution < -0.4 is 10.6 Å². The highest BCUT2D eigenvalue weighted by molar-refractivity contribution is 5.58. The molecule has 1 aliphatic rings. The average molecular weight is 330 g/mol. The van der Waals surface area contributed by atoms with Gasteiger partial charge >= 0.3 is 0 Å². The first-order valence-electron chi connectivity index (χ1n) is 8.67. The van der Waals surface area contributed by atoms with Gasteiger partial charge in [0.1, 0.15) is 17.3 Å². The third-order valence-electron chi connectivity index (χ3n) is 4.37. The lowest BCUT2D eigenvalue weighted by atomic mass is 10.2. The van der Waals surface area contributed by atoms with Crippen LogP contribution in [0, 0.1) is 0 Å². The number of anilines is 2. The predicted molar refractivity (Wildman–Crippen MR) is 95.0 cm³/mol. The topological polar surface area (TPSA) is 84.3 Å². The Labute approximate surface area is 142 Å². The molecule has 1 fully saturated rings. The lowest BCUT2D eigenvalue weighted by Gasteiger charge is -2.33. The van der Waals surface area contributed by atoms with Crippen molar-refractivity contribution in [3.8, 4) is 11.6 Å². The summed E-state index contributed by atoms with van der Waals surface area (Å²) in [5, 5.41) is 0. The largest absolute Gasteiger partial charge is 0.440 e. The van der Waals surface area contributed by atoms with Crippen LogP contribution in [0.15, 0.2) is 10.5 Å². The van der Waals surface area contributed by atoms with E-state index in [-0.39, 0.29) is 5.95 Å². The molecule has 130 valence electrons. The fraction of sp³-hybridized carbons (Fsp3) is 0.588. The molecule has 0 bridgehead atoms. The lowest BCUT2D eigenvalue weighted by Crippen LogP contribution is -2.44. The molecule has 2 aromatic rings. The van der Waals surface area contributed by atoms with Crippen LogP contribution in [0.1, 0.15) is 31.7 Å². The molecule has 3 rings (SSSR count). The minimum atomic E-state index is 0.259. The summed E-state index contributed by atoms with van der Waals surface area (Å²) in [7, 11) is 2.13. The summed E-state index contributed by atoms with van der Waals surface area (Å²) < 4.78 is 5.96. The maximum Gasteiger partial charge on any atom is 0.245 e. The Morgan fingerprint density at radius 2 is 1.88 bits per heavy atom. The molecular formula is C17H26N6O. The highest BCUT2D eigenvalue weighted by Gasteiger charge is 2.19. The number of hydrogen-bond acceptors (Lipinski definition) is 7. The first kappa shape index (κ1) is 16.7. The lowest BCUT2D eigenvalue weighted by molar-refractivity contribution is 0.312. The van der Waals surface area contributed by atoms with E-state index in [0.717, 1.165) is 62.7 Å². The third-order valence-corrected chi connectivity index (χ3v) is 4.37. The number of nitrogens with two attached hydrogens (primary N) is 1. The highest BCUT2D eigenvalue weighted by atomic mass is 16.4. The van der Waals surface area contributed by atoms with Crippen molar-refractivity contribution in [3.05, 3.63) is 17.5 Å². The number of oxazole rings is 1. The summed E-state index contributed by atoms with van der Waals surface area (Å²) >= 11 is 0. The van der Waals surface area contributed by atoms with Gasteiger partial charge in [0.2, 0.25) is 11.8 Å². The molecule has 1 aliphatic heterocycles. The van der Waals surface area contributed by atoms with Crippen LogP contribution >= 0.6 is 0 Å². The number of rotatable bonds is 5. The molecule has 2 aromatic heterocycles. The van der Waals surface area contributed by atoms with Gasteiger partial charge in [-0.05, 0) is 19.9 Å². The van der Waals surface area contributed by atoms with Gasteiger partial charge in [-0.15, -0.1) is 0 Å². The molecule has 0 aliphatic carbocycles. The number of aromatic nitrogens is 3. The van der Waals surface area contributed by atoms with Crippen LogP contribution in [0.2, 0.25) is 0 Å². The van der Waals surface area contributed by atoms with Gasteiger partial charge in [0, 0.05) is 38.7 Å². The van der Waals surface area contributed by atoms with Gasteiger partial charge in [0.05, 0.1) is 5.69 Å². The number of hydrogen-bond donors (Lipinski definition) is 1. The summed E-state index contributed by atoms with van der Waals surface area (Å²) in [6.07, 6.45) is 2.77. The molecule has 7 heteroatoms. The van der Waals surface area contributed by atoms with Crippen molar-refractivity contribution >= 4 is 11.8 Å². The van der Waals surface area contributed by atoms with Crippen molar-refractivity contribution in [2.24, 2.45) is 0 Å². The molecule has 0 aromatic carbocycles. The smallest absolute Gasteiger partial charge is 0.245 e. The van der Waals surface area contributed by atoms with Gasteiger partial charge in [-0.3, -0.25) is 0 Å². The summed E-state index contributed by atoms with van der Waals surface area (Å²) in [5.74, 6) is 2.60. The summed E-state index contributed by atoms with van der Waals surface area (Å²) in [5.41, 5.74) is 7.60. The molecule has 0 saturated carbocycles. The molecule has 24 heavy (non-hydrogen) atoms. The van der Waals surface area contributed by atoms with Crippen LogP contribution in [0.3, 0.4) is 0 Å². The van der Waals surface area contributed by atoms with Gasteiger partial charge in [0.15, 0.2) is 0 Å². The Balaban J connectivity index is 1.91. The Morgan fingerprint density at radius 1 is 1.12 bits per heavy atom. The van der Waals surface area contributed by atoms with Crippen molar-refractivity contribution in [2.45, 2.75) is 33.1 Å². The zero-order valence-corrected chi connectivity index (χ0v) is 14.7. The van der Waals surface area contributed by atoms with E-state index >= 15 is 0 Å². The first-order valence-corrected chi connectivity index (χ1v) is 8.67. The quantitative estimate of drug-likeness (QED) is 0.897. The third kappa shape index (κ3) is 3.51. The molecule has 1 saturated heterocycles. The standard InChI is InChI=1S/C17H26N6O/c1-4-6-14-12(5-2)19-16(24-14)13-11-15(21-17(18)20-13)23-9-7-22(3)8-10-23/h11H,4-10H2,1-3H3,(H2,18,20,21). The van der Waals surface area contributed by atoms with E-state index in [1.54, 1.807) is 0 Å². The molecule has 0 unspecified atom stereocenters. The number of nitrogens with zero attached hydrogens (tertiary/aromatic N) is 5. The maximum absolute atomic E-state index is 5.96. The van der Waals surface area contributed by atoms with Crippen LogP contribution in [-0.2, 0) is 12.8 Å². The van der Waals surface area contributed by atoms with Crippen molar-refractivity contribution < 1.29 is 4.42 Å². The van der Waals surface area contributed by atoms with Gasteiger partial charge in [-0.25, -0.2) is 9.97 Å². The van der Waals surface area contributed by atoms with E-state index in [2.05, 4.69) is 45.6 Å². The summed E-state index contributed by atoms with van der Waals surface area (Å²) in [6, 6.07) is 1.93. The van der Waals surface area contributed by atoms with E-state index < -0.39 is 0 Å². The van der Waals surface area contributed by atoms with E-state index in [1.807, 2.05) is 6.07 Å².